The lowest BCUT2D eigenvalue weighted by Crippen LogP contribution is -2.61. The number of aromatic hydroxyl groups is 1. The Labute approximate surface area is 203 Å². The molecule has 0 bridgehead atoms. The largest absolute Gasteiger partial charge is 0.507 e. The van der Waals surface area contributed by atoms with Crippen molar-refractivity contribution in [2.75, 3.05) is 14.2 Å². The number of nitro groups is 1. The molecule has 12 heteroatoms. The van der Waals surface area contributed by atoms with Crippen LogP contribution in [0, 0.1) is 28.4 Å². The number of phenols is 1. The first-order chi connectivity index (χ1) is 16.5. The molecule has 0 fully saturated rings. The lowest BCUT2D eigenvalue weighted by molar-refractivity contribution is -0.386. The molecule has 1 N–H and O–H groups in total. The van der Waals surface area contributed by atoms with Crippen molar-refractivity contribution in [1.29, 1.82) is 0 Å². The number of methoxy groups -OCH3 is 2. The summed E-state index contributed by atoms with van der Waals surface area (Å²) in [4.78, 5) is 66.5. The van der Waals surface area contributed by atoms with Crippen LogP contribution in [-0.4, -0.2) is 58.5 Å². The van der Waals surface area contributed by atoms with Crippen molar-refractivity contribution >= 4 is 41.5 Å². The third kappa shape index (κ3) is 3.05. The fraction of sp³-hybridized carbons (Fsp3) is 0.391. The van der Waals surface area contributed by atoms with E-state index in [4.69, 9.17) is 9.47 Å². The van der Waals surface area contributed by atoms with Crippen LogP contribution in [0.5, 0.6) is 5.75 Å². The zero-order chi connectivity index (χ0) is 26.0. The number of ether oxygens (including phenoxy) is 2. The smallest absolute Gasteiger partial charge is 0.355 e. The summed E-state index contributed by atoms with van der Waals surface area (Å²) in [5, 5.41) is 21.6. The first kappa shape index (κ1) is 24.5. The number of phenolic OH excluding ortho intramolecular Hbond substituents is 1. The Morgan fingerprint density at radius 2 is 1.89 bits per heavy atom. The number of fused-ring (bicyclic) bond motifs is 4. The number of nitrogens with zero attached hydrogens (tertiary/aromatic N) is 2. The molecule has 3 aliphatic rings. The first-order valence-corrected chi connectivity index (χ1v) is 11.4. The van der Waals surface area contributed by atoms with Gasteiger partial charge in [-0.1, -0.05) is 0 Å². The van der Waals surface area contributed by atoms with Crippen molar-refractivity contribution in [2.45, 2.75) is 32.6 Å². The van der Waals surface area contributed by atoms with Crippen molar-refractivity contribution in [3.05, 3.63) is 54.7 Å². The van der Waals surface area contributed by atoms with Crippen LogP contribution in [0.15, 0.2) is 27.9 Å². The average molecular weight is 503 g/mol. The summed E-state index contributed by atoms with van der Waals surface area (Å²) >= 11 is 1.16. The number of esters is 2. The Balaban J connectivity index is 2.16. The number of carbonyl (C=O) groups is 4. The maximum absolute atomic E-state index is 14.1. The minimum atomic E-state index is -1.96. The quantitative estimate of drug-likeness (QED) is 0.212. The second kappa shape index (κ2) is 8.22. The molecule has 2 aliphatic heterocycles. The Hall–Kier alpha value is -3.67. The molecule has 1 aromatic rings. The Morgan fingerprint density at radius 1 is 1.26 bits per heavy atom. The number of rotatable bonds is 4. The van der Waals surface area contributed by atoms with Crippen LogP contribution in [0.3, 0.4) is 0 Å². The van der Waals surface area contributed by atoms with E-state index in [-0.39, 0.29) is 34.4 Å². The van der Waals surface area contributed by atoms with E-state index < -0.39 is 50.8 Å². The normalized spacial score (nSPS) is 25.1. The molecule has 0 spiro atoms. The van der Waals surface area contributed by atoms with Crippen molar-refractivity contribution in [1.82, 2.24) is 4.90 Å². The molecule has 11 nitrogen and oxygen atoms in total. The Kier molecular flexibility index (Phi) is 5.75. The molecule has 0 amide bonds. The predicted molar refractivity (Wildman–Crippen MR) is 122 cm³/mol. The van der Waals surface area contributed by atoms with Crippen molar-refractivity contribution in [3.8, 4) is 5.75 Å². The minimum Gasteiger partial charge on any atom is -0.507 e. The molecule has 1 aromatic carbocycles. The van der Waals surface area contributed by atoms with Crippen LogP contribution in [0.2, 0.25) is 0 Å². The highest BCUT2D eigenvalue weighted by molar-refractivity contribution is 8.03. The number of aldehydes is 1. The average Bonchev–Trinajstić information content (AvgIpc) is 3.10. The van der Waals surface area contributed by atoms with Crippen LogP contribution in [-0.2, 0) is 30.3 Å². The number of aryl methyl sites for hydroxylation is 1. The van der Waals surface area contributed by atoms with Crippen molar-refractivity contribution < 1.29 is 38.7 Å². The maximum atomic E-state index is 14.1. The molecular formula is C23H22N2O9S. The molecule has 0 saturated heterocycles. The topological polar surface area (TPSA) is 153 Å². The summed E-state index contributed by atoms with van der Waals surface area (Å²) in [6.45, 7) is 4.82. The fourth-order valence-electron chi connectivity index (χ4n) is 5.33. The molecule has 4 rings (SSSR count). The molecule has 0 saturated carbocycles. The van der Waals surface area contributed by atoms with Gasteiger partial charge in [-0.25, -0.2) is 9.59 Å². The van der Waals surface area contributed by atoms with Gasteiger partial charge in [0.1, 0.15) is 28.5 Å². The number of thioether (sulfide) groups is 1. The lowest BCUT2D eigenvalue weighted by Gasteiger charge is -2.50. The maximum Gasteiger partial charge on any atom is 0.355 e. The number of allylic oxidation sites excluding steroid dienone is 2. The van der Waals surface area contributed by atoms with Crippen LogP contribution < -0.4 is 0 Å². The summed E-state index contributed by atoms with van der Waals surface area (Å²) < 4.78 is 9.90. The number of hydrogen-bond donors (Lipinski definition) is 1. The van der Waals surface area contributed by atoms with E-state index in [1.165, 1.54) is 11.8 Å². The van der Waals surface area contributed by atoms with Crippen LogP contribution in [0.1, 0.15) is 35.3 Å². The van der Waals surface area contributed by atoms with Gasteiger partial charge in [0.05, 0.1) is 30.3 Å². The number of Topliss-reactive ketones (excluding diaryl/α,β-unsaturated/α-hetero) is 1. The van der Waals surface area contributed by atoms with Gasteiger partial charge in [-0.15, -0.1) is 11.8 Å². The van der Waals surface area contributed by atoms with Crippen LogP contribution >= 0.6 is 11.8 Å². The molecule has 184 valence electrons. The van der Waals surface area contributed by atoms with Crippen LogP contribution in [0.25, 0.3) is 0 Å². The van der Waals surface area contributed by atoms with Gasteiger partial charge in [0.15, 0.2) is 5.78 Å². The predicted octanol–water partition coefficient (Wildman–Crippen LogP) is 2.39. The molecular weight excluding hydrogens is 480 g/mol. The molecule has 1 aliphatic carbocycles. The number of benzene rings is 1. The molecule has 35 heavy (non-hydrogen) atoms. The number of hydrogen-bond acceptors (Lipinski definition) is 11. The Bertz CT molecular complexity index is 1300. The van der Waals surface area contributed by atoms with Crippen molar-refractivity contribution in [3.63, 3.8) is 0 Å². The van der Waals surface area contributed by atoms with E-state index in [2.05, 4.69) is 0 Å². The lowest BCUT2D eigenvalue weighted by atomic mass is 9.58. The van der Waals surface area contributed by atoms with Gasteiger partial charge in [-0.3, -0.25) is 14.9 Å². The zero-order valence-electron chi connectivity index (χ0n) is 19.5. The SMILES string of the molecule is COC(=O)C1=C(C(=O)OC)N2C(C)=C(C)SC2C2(C=O)C(=O)c3c(O)cc(C)c([N+](=O)[O-])c3C[C@H]12. The summed E-state index contributed by atoms with van der Waals surface area (Å²) in [6.07, 6.45) is 0.0842. The monoisotopic (exact) mass is 502 g/mol. The fourth-order valence-corrected chi connectivity index (χ4v) is 6.82. The van der Waals surface area contributed by atoms with E-state index in [1.54, 1.807) is 13.8 Å². The van der Waals surface area contributed by atoms with Gasteiger partial charge >= 0.3 is 11.9 Å². The molecule has 0 aromatic heterocycles. The summed E-state index contributed by atoms with van der Waals surface area (Å²) in [5.41, 5.74) is -2.65. The van der Waals surface area contributed by atoms with Crippen LogP contribution in [0.4, 0.5) is 5.69 Å². The highest BCUT2D eigenvalue weighted by Crippen LogP contribution is 2.60. The standard InChI is InChI=1S/C23H22N2O9S/c1-9-6-14(27)15-12(17(9)25(31)32)7-13-16(20(29)33-4)18(21(30)34-5)24-10(2)11(3)35-22(24)23(13,8-26)19(15)28/h6,8,13,22,27H,7H2,1-5H3/t13-,22?,23?/m1/s1. The summed E-state index contributed by atoms with van der Waals surface area (Å²) in [6, 6.07) is 1.11. The van der Waals surface area contributed by atoms with E-state index in [1.807, 2.05) is 0 Å². The molecule has 0 radical (unpaired) electrons. The molecule has 2 heterocycles. The zero-order valence-corrected chi connectivity index (χ0v) is 20.3. The van der Waals surface area contributed by atoms with Crippen molar-refractivity contribution in [2.24, 2.45) is 11.3 Å². The van der Waals surface area contributed by atoms with E-state index in [9.17, 15) is 34.4 Å². The third-order valence-electron chi connectivity index (χ3n) is 6.98. The third-order valence-corrected chi connectivity index (χ3v) is 8.46. The minimum absolute atomic E-state index is 0.107. The molecule has 2 unspecified atom stereocenters. The highest BCUT2D eigenvalue weighted by Gasteiger charge is 2.66. The number of nitro benzene ring substituents is 1. The van der Waals surface area contributed by atoms with Gasteiger partial charge in [0.2, 0.25) is 0 Å². The van der Waals surface area contributed by atoms with E-state index in [0.717, 1.165) is 32.0 Å². The summed E-state index contributed by atoms with van der Waals surface area (Å²) in [5.74, 6) is -4.50. The van der Waals surface area contributed by atoms with Gasteiger partial charge in [-0.2, -0.15) is 0 Å². The number of carbonyl (C=O) groups excluding carboxylic acids is 4. The van der Waals surface area contributed by atoms with Gasteiger partial charge in [-0.05, 0) is 33.3 Å². The van der Waals surface area contributed by atoms with E-state index in [0.29, 0.717) is 16.9 Å². The van der Waals surface area contributed by atoms with Gasteiger partial charge in [0, 0.05) is 27.6 Å². The second-order valence-electron chi connectivity index (χ2n) is 8.54. The van der Waals surface area contributed by atoms with Gasteiger partial charge in [0.25, 0.3) is 5.69 Å². The first-order valence-electron chi connectivity index (χ1n) is 10.5. The Morgan fingerprint density at radius 3 is 2.43 bits per heavy atom. The molecule has 3 atom stereocenters. The highest BCUT2D eigenvalue weighted by atomic mass is 32.2. The van der Waals surface area contributed by atoms with Gasteiger partial charge < -0.3 is 24.3 Å². The number of ketones is 1. The second-order valence-corrected chi connectivity index (χ2v) is 9.83. The van der Waals surface area contributed by atoms with E-state index >= 15 is 0 Å². The summed E-state index contributed by atoms with van der Waals surface area (Å²) in [7, 11) is 2.21.